The quantitative estimate of drug-likeness (QED) is 0.862. The standard InChI is InChI=1S/C14H18N2O/c15-10-12(16)8-9-17-14-7-3-5-11-4-1-2-6-13(11)14/h3,5,7,12H,1-2,4,6,8-9,16H2. The van der Waals surface area contributed by atoms with Crippen LogP contribution in [0.15, 0.2) is 18.2 Å². The minimum absolute atomic E-state index is 0.422. The lowest BCUT2D eigenvalue weighted by atomic mass is 9.91. The van der Waals surface area contributed by atoms with E-state index in [0.717, 1.165) is 18.6 Å². The van der Waals surface area contributed by atoms with Crippen molar-refractivity contribution in [3.63, 3.8) is 0 Å². The van der Waals surface area contributed by atoms with Crippen LogP contribution in [0.1, 0.15) is 30.4 Å². The van der Waals surface area contributed by atoms with Crippen LogP contribution in [0.2, 0.25) is 0 Å². The molecule has 17 heavy (non-hydrogen) atoms. The molecule has 3 heteroatoms. The van der Waals surface area contributed by atoms with Gasteiger partial charge in [-0.05, 0) is 42.9 Å². The van der Waals surface area contributed by atoms with Gasteiger partial charge in [0.2, 0.25) is 0 Å². The summed E-state index contributed by atoms with van der Waals surface area (Å²) in [6, 6.07) is 7.83. The first-order valence-corrected chi connectivity index (χ1v) is 6.20. The van der Waals surface area contributed by atoms with E-state index in [0.29, 0.717) is 13.0 Å². The number of nitrogens with two attached hydrogens (primary N) is 1. The van der Waals surface area contributed by atoms with Gasteiger partial charge in [-0.15, -0.1) is 0 Å². The van der Waals surface area contributed by atoms with Gasteiger partial charge in [0.15, 0.2) is 0 Å². The molecule has 0 aliphatic heterocycles. The fourth-order valence-corrected chi connectivity index (χ4v) is 2.24. The second-order valence-corrected chi connectivity index (χ2v) is 4.47. The van der Waals surface area contributed by atoms with Gasteiger partial charge in [-0.1, -0.05) is 12.1 Å². The van der Waals surface area contributed by atoms with Crippen LogP contribution < -0.4 is 10.5 Å². The zero-order valence-electron chi connectivity index (χ0n) is 9.98. The molecule has 1 aliphatic carbocycles. The maximum Gasteiger partial charge on any atom is 0.122 e. The summed E-state index contributed by atoms with van der Waals surface area (Å²) in [7, 11) is 0. The summed E-state index contributed by atoms with van der Waals surface area (Å²) in [5.74, 6) is 0.979. The lowest BCUT2D eigenvalue weighted by Gasteiger charge is -2.19. The van der Waals surface area contributed by atoms with E-state index < -0.39 is 6.04 Å². The van der Waals surface area contributed by atoms with E-state index in [1.165, 1.54) is 24.0 Å². The Balaban J connectivity index is 1.99. The molecule has 2 N–H and O–H groups in total. The third-order valence-corrected chi connectivity index (χ3v) is 3.21. The van der Waals surface area contributed by atoms with Crippen LogP contribution in [0.25, 0.3) is 0 Å². The first kappa shape index (κ1) is 11.9. The largest absolute Gasteiger partial charge is 0.493 e. The zero-order chi connectivity index (χ0) is 12.1. The molecule has 0 saturated carbocycles. The Hall–Kier alpha value is -1.53. The van der Waals surface area contributed by atoms with E-state index >= 15 is 0 Å². The molecule has 1 unspecified atom stereocenters. The summed E-state index contributed by atoms with van der Waals surface area (Å²) < 4.78 is 5.75. The van der Waals surface area contributed by atoms with Gasteiger partial charge >= 0.3 is 0 Å². The molecule has 2 rings (SSSR count). The molecule has 0 saturated heterocycles. The second-order valence-electron chi connectivity index (χ2n) is 4.47. The molecule has 3 nitrogen and oxygen atoms in total. The van der Waals surface area contributed by atoms with Gasteiger partial charge in [-0.2, -0.15) is 5.26 Å². The van der Waals surface area contributed by atoms with Crippen molar-refractivity contribution in [3.8, 4) is 11.8 Å². The van der Waals surface area contributed by atoms with Gasteiger partial charge in [0.05, 0.1) is 18.7 Å². The second kappa shape index (κ2) is 5.70. The normalized spacial score (nSPS) is 15.8. The number of rotatable bonds is 4. The molecule has 90 valence electrons. The SMILES string of the molecule is N#CC(N)CCOc1cccc2c1CCCC2. The first-order valence-electron chi connectivity index (χ1n) is 6.20. The smallest absolute Gasteiger partial charge is 0.122 e. The third kappa shape index (κ3) is 2.98. The van der Waals surface area contributed by atoms with E-state index in [4.69, 9.17) is 15.7 Å². The molecule has 0 radical (unpaired) electrons. The summed E-state index contributed by atoms with van der Waals surface area (Å²) >= 11 is 0. The van der Waals surface area contributed by atoms with Crippen molar-refractivity contribution >= 4 is 0 Å². The molecule has 0 heterocycles. The average Bonchev–Trinajstić information content (AvgIpc) is 2.39. The van der Waals surface area contributed by atoms with Crippen molar-refractivity contribution in [2.24, 2.45) is 5.73 Å². The Bertz CT molecular complexity index is 423. The molecule has 1 aromatic rings. The highest BCUT2D eigenvalue weighted by Gasteiger charge is 2.13. The lowest BCUT2D eigenvalue weighted by molar-refractivity contribution is 0.301. The molecule has 0 aromatic heterocycles. The topological polar surface area (TPSA) is 59.0 Å². The Morgan fingerprint density at radius 3 is 3.00 bits per heavy atom. The number of hydrogen-bond acceptors (Lipinski definition) is 3. The van der Waals surface area contributed by atoms with Gasteiger partial charge in [-0.25, -0.2) is 0 Å². The monoisotopic (exact) mass is 230 g/mol. The Labute approximate surface area is 102 Å². The number of nitriles is 1. The Morgan fingerprint density at radius 2 is 2.18 bits per heavy atom. The number of nitrogens with zero attached hydrogens (tertiary/aromatic N) is 1. The van der Waals surface area contributed by atoms with E-state index in [1.54, 1.807) is 0 Å². The molecule has 0 bridgehead atoms. The van der Waals surface area contributed by atoms with Gasteiger partial charge in [0, 0.05) is 6.42 Å². The van der Waals surface area contributed by atoms with Gasteiger partial charge in [-0.3, -0.25) is 0 Å². The number of benzene rings is 1. The minimum Gasteiger partial charge on any atom is -0.493 e. The number of hydrogen-bond donors (Lipinski definition) is 1. The van der Waals surface area contributed by atoms with E-state index in [2.05, 4.69) is 6.07 Å². The highest BCUT2D eigenvalue weighted by atomic mass is 16.5. The van der Waals surface area contributed by atoms with Crippen molar-refractivity contribution in [3.05, 3.63) is 29.3 Å². The maximum atomic E-state index is 8.59. The fourth-order valence-electron chi connectivity index (χ4n) is 2.24. The maximum absolute atomic E-state index is 8.59. The molecule has 0 spiro atoms. The van der Waals surface area contributed by atoms with Crippen molar-refractivity contribution in [2.75, 3.05) is 6.61 Å². The van der Waals surface area contributed by atoms with Crippen LogP contribution in [0, 0.1) is 11.3 Å². The molecule has 0 amide bonds. The van der Waals surface area contributed by atoms with Gasteiger partial charge in [0.25, 0.3) is 0 Å². The average molecular weight is 230 g/mol. The molecule has 1 aliphatic rings. The van der Waals surface area contributed by atoms with Crippen LogP contribution in [0.5, 0.6) is 5.75 Å². The highest BCUT2D eigenvalue weighted by molar-refractivity contribution is 5.41. The summed E-state index contributed by atoms with van der Waals surface area (Å²) in [5, 5.41) is 8.59. The van der Waals surface area contributed by atoms with E-state index in [1.807, 2.05) is 18.2 Å². The van der Waals surface area contributed by atoms with E-state index in [-0.39, 0.29) is 0 Å². The first-order chi connectivity index (χ1) is 8.31. The van der Waals surface area contributed by atoms with Gasteiger partial charge in [0.1, 0.15) is 5.75 Å². The minimum atomic E-state index is -0.422. The van der Waals surface area contributed by atoms with Crippen LogP contribution in [-0.2, 0) is 12.8 Å². The van der Waals surface area contributed by atoms with Crippen LogP contribution in [0.3, 0.4) is 0 Å². The lowest BCUT2D eigenvalue weighted by Crippen LogP contribution is -2.20. The molecule has 1 atom stereocenters. The zero-order valence-corrected chi connectivity index (χ0v) is 9.98. The Kier molecular flexibility index (Phi) is 4.00. The number of aryl methyl sites for hydroxylation is 1. The number of ether oxygens (including phenoxy) is 1. The summed E-state index contributed by atoms with van der Waals surface area (Å²) in [5.41, 5.74) is 8.30. The highest BCUT2D eigenvalue weighted by Crippen LogP contribution is 2.29. The molecule has 1 aromatic carbocycles. The van der Waals surface area contributed by atoms with E-state index in [9.17, 15) is 0 Å². The van der Waals surface area contributed by atoms with Crippen LogP contribution in [-0.4, -0.2) is 12.6 Å². The van der Waals surface area contributed by atoms with Crippen molar-refractivity contribution in [1.29, 1.82) is 5.26 Å². The predicted molar refractivity (Wildman–Crippen MR) is 66.8 cm³/mol. The third-order valence-electron chi connectivity index (χ3n) is 3.21. The number of fused-ring (bicyclic) bond motifs is 1. The van der Waals surface area contributed by atoms with Crippen LogP contribution in [0.4, 0.5) is 0 Å². The molecular formula is C14H18N2O. The molecule has 0 fully saturated rings. The summed E-state index contributed by atoms with van der Waals surface area (Å²) in [4.78, 5) is 0. The fraction of sp³-hybridized carbons (Fsp3) is 0.500. The predicted octanol–water partition coefficient (Wildman–Crippen LogP) is 2.19. The summed E-state index contributed by atoms with van der Waals surface area (Å²) in [6.45, 7) is 0.519. The van der Waals surface area contributed by atoms with Crippen molar-refractivity contribution in [1.82, 2.24) is 0 Å². The summed E-state index contributed by atoms with van der Waals surface area (Å²) in [6.07, 6.45) is 5.36. The Morgan fingerprint density at radius 1 is 1.35 bits per heavy atom. The molecular weight excluding hydrogens is 212 g/mol. The van der Waals surface area contributed by atoms with Crippen molar-refractivity contribution in [2.45, 2.75) is 38.1 Å². The van der Waals surface area contributed by atoms with Crippen molar-refractivity contribution < 1.29 is 4.74 Å². The van der Waals surface area contributed by atoms with Gasteiger partial charge < -0.3 is 10.5 Å². The van der Waals surface area contributed by atoms with Crippen LogP contribution >= 0.6 is 0 Å².